The molecule has 2 aromatic heterocycles. The third kappa shape index (κ3) is 3.48. The highest BCUT2D eigenvalue weighted by molar-refractivity contribution is 5.83. The summed E-state index contributed by atoms with van der Waals surface area (Å²) < 4.78 is 38.1. The van der Waals surface area contributed by atoms with Gasteiger partial charge in [0.2, 0.25) is 5.95 Å². The van der Waals surface area contributed by atoms with E-state index < -0.39 is 17.9 Å². The smallest absolute Gasteiger partial charge is 0.394 e. The van der Waals surface area contributed by atoms with Crippen molar-refractivity contribution < 1.29 is 18.3 Å². The Kier molecular flexibility index (Phi) is 4.39. The lowest BCUT2D eigenvalue weighted by Gasteiger charge is -2.16. The summed E-state index contributed by atoms with van der Waals surface area (Å²) >= 11 is 0. The van der Waals surface area contributed by atoms with E-state index in [1.165, 1.54) is 0 Å². The first-order chi connectivity index (χ1) is 11.5. The van der Waals surface area contributed by atoms with E-state index in [1.54, 1.807) is 0 Å². The van der Waals surface area contributed by atoms with Gasteiger partial charge in [-0.25, -0.2) is 9.97 Å². The highest BCUT2D eigenvalue weighted by Gasteiger charge is 2.32. The van der Waals surface area contributed by atoms with Crippen LogP contribution in [0.3, 0.4) is 0 Å². The number of aromatic amines is 1. The molecule has 126 valence electrons. The fourth-order valence-corrected chi connectivity index (χ4v) is 2.50. The van der Waals surface area contributed by atoms with Gasteiger partial charge in [-0.15, -0.1) is 0 Å². The molecular weight excluding hydrogens is 321 g/mol. The maximum absolute atomic E-state index is 12.7. The minimum atomic E-state index is -4.54. The molecule has 0 amide bonds. The van der Waals surface area contributed by atoms with Crippen molar-refractivity contribution in [2.24, 2.45) is 0 Å². The molecule has 1 aromatic carbocycles. The van der Waals surface area contributed by atoms with Crippen LogP contribution in [0.25, 0.3) is 10.9 Å². The number of nitrogens with zero attached hydrogens (tertiary/aromatic N) is 2. The van der Waals surface area contributed by atoms with Crippen LogP contribution in [-0.4, -0.2) is 32.7 Å². The Labute approximate surface area is 135 Å². The van der Waals surface area contributed by atoms with E-state index >= 15 is 0 Å². The van der Waals surface area contributed by atoms with Gasteiger partial charge >= 0.3 is 6.18 Å². The van der Waals surface area contributed by atoms with Crippen molar-refractivity contribution in [2.75, 3.05) is 11.9 Å². The molecule has 5 nitrogen and oxygen atoms in total. The number of H-pyrrole nitrogens is 1. The molecule has 3 N–H and O–H groups in total. The number of hydrogen-bond acceptors (Lipinski definition) is 4. The first-order valence-electron chi connectivity index (χ1n) is 7.30. The van der Waals surface area contributed by atoms with Crippen LogP contribution in [0.1, 0.15) is 11.3 Å². The number of para-hydroxylation sites is 1. The number of benzene rings is 1. The molecule has 24 heavy (non-hydrogen) atoms. The summed E-state index contributed by atoms with van der Waals surface area (Å²) in [5, 5.41) is 13.3. The lowest BCUT2D eigenvalue weighted by molar-refractivity contribution is -0.141. The Morgan fingerprint density at radius 1 is 1.21 bits per heavy atom. The second-order valence-electron chi connectivity index (χ2n) is 5.35. The Bertz CT molecular complexity index is 831. The van der Waals surface area contributed by atoms with Gasteiger partial charge in [-0.05, 0) is 24.1 Å². The van der Waals surface area contributed by atoms with E-state index in [0.29, 0.717) is 6.42 Å². The second-order valence-corrected chi connectivity index (χ2v) is 5.35. The molecule has 3 rings (SSSR count). The van der Waals surface area contributed by atoms with E-state index in [-0.39, 0.29) is 12.6 Å². The number of fused-ring (bicyclic) bond motifs is 1. The zero-order valence-electron chi connectivity index (χ0n) is 12.5. The van der Waals surface area contributed by atoms with Crippen molar-refractivity contribution in [3.8, 4) is 0 Å². The van der Waals surface area contributed by atoms with Gasteiger partial charge in [-0.1, -0.05) is 18.2 Å². The van der Waals surface area contributed by atoms with E-state index in [9.17, 15) is 18.3 Å². The minimum absolute atomic E-state index is 0.163. The van der Waals surface area contributed by atoms with Gasteiger partial charge in [-0.2, -0.15) is 13.2 Å². The van der Waals surface area contributed by atoms with E-state index in [4.69, 9.17) is 0 Å². The van der Waals surface area contributed by atoms with Gasteiger partial charge in [-0.3, -0.25) is 0 Å². The molecule has 0 aliphatic heterocycles. The van der Waals surface area contributed by atoms with Crippen molar-refractivity contribution in [1.82, 2.24) is 15.0 Å². The predicted octanol–water partition coefficient (Wildman–Crippen LogP) is 2.99. The molecule has 8 heteroatoms. The van der Waals surface area contributed by atoms with Crippen LogP contribution < -0.4 is 5.32 Å². The van der Waals surface area contributed by atoms with Gasteiger partial charge in [0.1, 0.15) is 5.69 Å². The van der Waals surface area contributed by atoms with Gasteiger partial charge < -0.3 is 15.4 Å². The first-order valence-corrected chi connectivity index (χ1v) is 7.30. The minimum Gasteiger partial charge on any atom is -0.394 e. The zero-order valence-corrected chi connectivity index (χ0v) is 12.5. The maximum atomic E-state index is 12.7. The summed E-state index contributed by atoms with van der Waals surface area (Å²) in [6, 6.07) is 7.97. The molecule has 0 saturated heterocycles. The quantitative estimate of drug-likeness (QED) is 0.670. The molecule has 0 saturated carbocycles. The average Bonchev–Trinajstić information content (AvgIpc) is 2.97. The summed E-state index contributed by atoms with van der Waals surface area (Å²) in [5.41, 5.74) is 0.882. The zero-order chi connectivity index (χ0) is 17.2. The Morgan fingerprint density at radius 3 is 2.75 bits per heavy atom. The van der Waals surface area contributed by atoms with Crippen molar-refractivity contribution in [2.45, 2.75) is 18.6 Å². The summed E-state index contributed by atoms with van der Waals surface area (Å²) in [6.07, 6.45) is -1.26. The SMILES string of the molecule is OC[C@@H](Cc1c[nH]c2ccccc12)Nc1nccc(C(F)(F)F)n1. The normalized spacial score (nSPS) is 13.2. The van der Waals surface area contributed by atoms with Crippen LogP contribution in [0.2, 0.25) is 0 Å². The lowest BCUT2D eigenvalue weighted by atomic mass is 10.1. The molecule has 0 radical (unpaired) electrons. The van der Waals surface area contributed by atoms with Crippen LogP contribution in [0.15, 0.2) is 42.7 Å². The van der Waals surface area contributed by atoms with Crippen LogP contribution in [0.4, 0.5) is 19.1 Å². The van der Waals surface area contributed by atoms with Gasteiger partial charge in [0, 0.05) is 23.3 Å². The van der Waals surface area contributed by atoms with E-state index in [0.717, 1.165) is 28.7 Å². The van der Waals surface area contributed by atoms with Gasteiger partial charge in [0.25, 0.3) is 0 Å². The summed E-state index contributed by atoms with van der Waals surface area (Å²) in [7, 11) is 0. The molecule has 0 bridgehead atoms. The number of aliphatic hydroxyl groups is 1. The Hall–Kier alpha value is -2.61. The summed E-state index contributed by atoms with van der Waals surface area (Å²) in [5.74, 6) is -0.163. The molecule has 2 heterocycles. The highest BCUT2D eigenvalue weighted by atomic mass is 19.4. The van der Waals surface area contributed by atoms with Crippen molar-refractivity contribution in [3.63, 3.8) is 0 Å². The molecule has 0 aliphatic rings. The lowest BCUT2D eigenvalue weighted by Crippen LogP contribution is -2.27. The van der Waals surface area contributed by atoms with E-state index in [2.05, 4.69) is 20.3 Å². The average molecular weight is 336 g/mol. The van der Waals surface area contributed by atoms with Crippen LogP contribution >= 0.6 is 0 Å². The molecule has 3 aromatic rings. The Morgan fingerprint density at radius 2 is 2.00 bits per heavy atom. The fraction of sp³-hybridized carbons (Fsp3) is 0.250. The maximum Gasteiger partial charge on any atom is 0.433 e. The summed E-state index contributed by atoms with van der Waals surface area (Å²) in [4.78, 5) is 10.4. The number of hydrogen-bond donors (Lipinski definition) is 3. The number of alkyl halides is 3. The summed E-state index contributed by atoms with van der Waals surface area (Å²) in [6.45, 7) is -0.265. The van der Waals surface area contributed by atoms with Crippen molar-refractivity contribution in [1.29, 1.82) is 0 Å². The second kappa shape index (κ2) is 6.48. The molecule has 0 spiro atoms. The Balaban J connectivity index is 1.78. The standard InChI is InChI=1S/C16H15F3N4O/c17-16(18,19)14-5-6-20-15(23-14)22-11(9-24)7-10-8-21-13-4-2-1-3-12(10)13/h1-6,8,11,21,24H,7,9H2,(H,20,22,23)/t11-/m1/s1. The fourth-order valence-electron chi connectivity index (χ4n) is 2.50. The predicted molar refractivity (Wildman–Crippen MR) is 83.5 cm³/mol. The highest BCUT2D eigenvalue weighted by Crippen LogP contribution is 2.27. The van der Waals surface area contributed by atoms with Crippen molar-refractivity contribution >= 4 is 16.9 Å². The van der Waals surface area contributed by atoms with Crippen LogP contribution in [-0.2, 0) is 12.6 Å². The number of aliphatic hydroxyl groups excluding tert-OH is 1. The third-order valence-electron chi connectivity index (χ3n) is 3.64. The van der Waals surface area contributed by atoms with Crippen LogP contribution in [0, 0.1) is 0 Å². The number of aromatic nitrogens is 3. The van der Waals surface area contributed by atoms with Crippen molar-refractivity contribution in [3.05, 3.63) is 54.0 Å². The van der Waals surface area contributed by atoms with Gasteiger partial charge in [0.05, 0.1) is 12.6 Å². The van der Waals surface area contributed by atoms with Crippen LogP contribution in [0.5, 0.6) is 0 Å². The van der Waals surface area contributed by atoms with Gasteiger partial charge in [0.15, 0.2) is 0 Å². The molecule has 0 unspecified atom stereocenters. The first kappa shape index (κ1) is 16.3. The largest absolute Gasteiger partial charge is 0.433 e. The third-order valence-corrected chi connectivity index (χ3v) is 3.64. The molecular formula is C16H15F3N4O. The topological polar surface area (TPSA) is 73.8 Å². The van der Waals surface area contributed by atoms with E-state index in [1.807, 2.05) is 30.5 Å². The molecule has 0 aliphatic carbocycles. The number of nitrogens with one attached hydrogen (secondary N) is 2. The number of anilines is 1. The molecule has 0 fully saturated rings. The monoisotopic (exact) mass is 336 g/mol. The number of halogens is 3. The number of rotatable bonds is 5. The molecule has 1 atom stereocenters.